The summed E-state index contributed by atoms with van der Waals surface area (Å²) in [6.07, 6.45) is 0. The Bertz CT molecular complexity index is 445. The average molecular weight is 266 g/mol. The number of esters is 2. The fourth-order valence-corrected chi connectivity index (χ4v) is 1.41. The summed E-state index contributed by atoms with van der Waals surface area (Å²) < 4.78 is 9.81. The molecule has 0 aliphatic heterocycles. The third-order valence-electron chi connectivity index (χ3n) is 2.33. The van der Waals surface area contributed by atoms with Crippen molar-refractivity contribution in [3.63, 3.8) is 0 Å². The summed E-state index contributed by atoms with van der Waals surface area (Å²) >= 11 is 0. The summed E-state index contributed by atoms with van der Waals surface area (Å²) in [6, 6.07) is 4.48. The van der Waals surface area contributed by atoms with Crippen LogP contribution in [-0.4, -0.2) is 30.3 Å². The third-order valence-corrected chi connectivity index (χ3v) is 2.33. The van der Waals surface area contributed by atoms with Crippen LogP contribution in [0.25, 0.3) is 0 Å². The van der Waals surface area contributed by atoms with Crippen molar-refractivity contribution in [3.05, 3.63) is 29.3 Å². The number of aromatic hydroxyl groups is 1. The number of carbonyl (C=O) groups excluding carboxylic acids is 2. The van der Waals surface area contributed by atoms with E-state index in [1.807, 2.05) is 0 Å². The van der Waals surface area contributed by atoms with E-state index < -0.39 is 5.97 Å². The van der Waals surface area contributed by atoms with Gasteiger partial charge in [-0.05, 0) is 30.7 Å². The third kappa shape index (κ3) is 4.99. The van der Waals surface area contributed by atoms with Gasteiger partial charge in [-0.3, -0.25) is 4.79 Å². The molecule has 5 heteroatoms. The molecule has 0 amide bonds. The van der Waals surface area contributed by atoms with E-state index in [1.54, 1.807) is 32.9 Å². The lowest BCUT2D eigenvalue weighted by molar-refractivity contribution is -0.148. The van der Waals surface area contributed by atoms with Crippen molar-refractivity contribution in [3.8, 4) is 5.75 Å². The predicted octanol–water partition coefficient (Wildman–Crippen LogP) is 2.06. The Morgan fingerprint density at radius 3 is 2.37 bits per heavy atom. The van der Waals surface area contributed by atoms with Crippen molar-refractivity contribution in [2.75, 3.05) is 13.2 Å². The predicted molar refractivity (Wildman–Crippen MR) is 68.9 cm³/mol. The Labute approximate surface area is 112 Å². The Kier molecular flexibility index (Phi) is 5.36. The van der Waals surface area contributed by atoms with Crippen molar-refractivity contribution < 1.29 is 24.2 Å². The zero-order valence-corrected chi connectivity index (χ0v) is 11.3. The molecule has 0 saturated heterocycles. The van der Waals surface area contributed by atoms with Crippen LogP contribution in [0.3, 0.4) is 0 Å². The van der Waals surface area contributed by atoms with E-state index >= 15 is 0 Å². The molecule has 0 unspecified atom stereocenters. The minimum Gasteiger partial charge on any atom is -0.508 e. The Morgan fingerprint density at radius 2 is 1.79 bits per heavy atom. The van der Waals surface area contributed by atoms with E-state index in [2.05, 4.69) is 0 Å². The van der Waals surface area contributed by atoms with Gasteiger partial charge in [-0.15, -0.1) is 0 Å². The molecule has 1 aromatic rings. The number of phenolic OH excluding ortho intramolecular Hbond substituents is 1. The SMILES string of the molecule is Cc1cc(O)cc(C(=O)OCCOC(=O)C(C)C)c1. The second-order valence-electron chi connectivity index (χ2n) is 4.52. The molecule has 19 heavy (non-hydrogen) atoms. The van der Waals surface area contributed by atoms with Crippen molar-refractivity contribution in [2.45, 2.75) is 20.8 Å². The van der Waals surface area contributed by atoms with E-state index in [0.717, 1.165) is 5.56 Å². The number of phenols is 1. The van der Waals surface area contributed by atoms with E-state index in [0.29, 0.717) is 0 Å². The molecule has 0 radical (unpaired) electrons. The topological polar surface area (TPSA) is 72.8 Å². The second kappa shape index (κ2) is 6.78. The monoisotopic (exact) mass is 266 g/mol. The molecule has 104 valence electrons. The molecule has 0 bridgehead atoms. The molecular formula is C14H18O5. The highest BCUT2D eigenvalue weighted by Gasteiger charge is 2.11. The summed E-state index contributed by atoms with van der Waals surface area (Å²) in [5.41, 5.74) is 1.03. The fraction of sp³-hybridized carbons (Fsp3) is 0.429. The molecule has 0 fully saturated rings. The highest BCUT2D eigenvalue weighted by atomic mass is 16.6. The number of hydrogen-bond acceptors (Lipinski definition) is 5. The maximum absolute atomic E-state index is 11.7. The van der Waals surface area contributed by atoms with Crippen LogP contribution in [0.2, 0.25) is 0 Å². The molecule has 0 spiro atoms. The first-order chi connectivity index (χ1) is 8.90. The van der Waals surface area contributed by atoms with Crippen LogP contribution in [0, 0.1) is 12.8 Å². The normalized spacial score (nSPS) is 10.3. The number of benzene rings is 1. The lowest BCUT2D eigenvalue weighted by Crippen LogP contribution is -2.17. The number of ether oxygens (including phenoxy) is 2. The highest BCUT2D eigenvalue weighted by molar-refractivity contribution is 5.90. The van der Waals surface area contributed by atoms with Crippen LogP contribution in [-0.2, 0) is 14.3 Å². The van der Waals surface area contributed by atoms with Gasteiger partial charge >= 0.3 is 11.9 Å². The smallest absolute Gasteiger partial charge is 0.338 e. The Balaban J connectivity index is 2.41. The largest absolute Gasteiger partial charge is 0.508 e. The van der Waals surface area contributed by atoms with Gasteiger partial charge in [0.1, 0.15) is 19.0 Å². The summed E-state index contributed by atoms with van der Waals surface area (Å²) in [4.78, 5) is 22.8. The molecule has 1 aromatic carbocycles. The summed E-state index contributed by atoms with van der Waals surface area (Å²) in [6.45, 7) is 5.24. The average Bonchev–Trinajstić information content (AvgIpc) is 2.32. The maximum Gasteiger partial charge on any atom is 0.338 e. The van der Waals surface area contributed by atoms with Crippen LogP contribution in [0.1, 0.15) is 29.8 Å². The van der Waals surface area contributed by atoms with E-state index in [9.17, 15) is 14.7 Å². The molecule has 0 aromatic heterocycles. The molecule has 0 aliphatic carbocycles. The zero-order valence-electron chi connectivity index (χ0n) is 11.3. The minimum atomic E-state index is -0.556. The second-order valence-corrected chi connectivity index (χ2v) is 4.52. The number of hydrogen-bond donors (Lipinski definition) is 1. The van der Waals surface area contributed by atoms with Gasteiger partial charge in [0.25, 0.3) is 0 Å². The van der Waals surface area contributed by atoms with Gasteiger partial charge in [-0.2, -0.15) is 0 Å². The van der Waals surface area contributed by atoms with Crippen LogP contribution in [0.5, 0.6) is 5.75 Å². The van der Waals surface area contributed by atoms with Crippen molar-refractivity contribution in [1.82, 2.24) is 0 Å². The standard InChI is InChI=1S/C14H18O5/c1-9(2)13(16)18-4-5-19-14(17)11-6-10(3)7-12(15)8-11/h6-9,15H,4-5H2,1-3H3. The molecule has 0 atom stereocenters. The molecule has 1 rings (SSSR count). The highest BCUT2D eigenvalue weighted by Crippen LogP contribution is 2.15. The molecule has 0 aliphatic rings. The quantitative estimate of drug-likeness (QED) is 0.652. The molecule has 5 nitrogen and oxygen atoms in total. The Hall–Kier alpha value is -2.04. The van der Waals surface area contributed by atoms with Gasteiger partial charge in [-0.1, -0.05) is 13.8 Å². The first-order valence-electron chi connectivity index (χ1n) is 6.04. The first kappa shape index (κ1) is 15.0. The van der Waals surface area contributed by atoms with Gasteiger partial charge in [0, 0.05) is 0 Å². The minimum absolute atomic E-state index is 0.00794. The summed E-state index contributed by atoms with van der Waals surface area (Å²) in [5.74, 6) is -1.08. The van der Waals surface area contributed by atoms with Crippen molar-refractivity contribution in [1.29, 1.82) is 0 Å². The Morgan fingerprint density at radius 1 is 1.16 bits per heavy atom. The number of rotatable bonds is 5. The van der Waals surface area contributed by atoms with Gasteiger partial charge in [0.2, 0.25) is 0 Å². The molecular weight excluding hydrogens is 248 g/mol. The van der Waals surface area contributed by atoms with Gasteiger partial charge in [0.15, 0.2) is 0 Å². The summed E-state index contributed by atoms with van der Waals surface area (Å²) in [7, 11) is 0. The van der Waals surface area contributed by atoms with E-state index in [-0.39, 0.29) is 36.4 Å². The lowest BCUT2D eigenvalue weighted by atomic mass is 10.1. The lowest BCUT2D eigenvalue weighted by Gasteiger charge is -2.08. The molecule has 0 saturated carbocycles. The van der Waals surface area contributed by atoms with Gasteiger partial charge in [0.05, 0.1) is 11.5 Å². The van der Waals surface area contributed by atoms with Gasteiger partial charge in [-0.25, -0.2) is 4.79 Å². The molecule has 0 heterocycles. The van der Waals surface area contributed by atoms with Gasteiger partial charge < -0.3 is 14.6 Å². The fourth-order valence-electron chi connectivity index (χ4n) is 1.41. The molecule has 1 N–H and O–H groups in total. The van der Waals surface area contributed by atoms with E-state index in [1.165, 1.54) is 6.07 Å². The van der Waals surface area contributed by atoms with Crippen molar-refractivity contribution in [2.24, 2.45) is 5.92 Å². The van der Waals surface area contributed by atoms with Crippen molar-refractivity contribution >= 4 is 11.9 Å². The number of aryl methyl sites for hydroxylation is 1. The number of carbonyl (C=O) groups is 2. The van der Waals surface area contributed by atoms with Crippen LogP contribution in [0.4, 0.5) is 0 Å². The maximum atomic E-state index is 11.7. The summed E-state index contributed by atoms with van der Waals surface area (Å²) in [5, 5.41) is 9.37. The zero-order chi connectivity index (χ0) is 14.4. The van der Waals surface area contributed by atoms with E-state index in [4.69, 9.17) is 9.47 Å². The first-order valence-corrected chi connectivity index (χ1v) is 6.04. The van der Waals surface area contributed by atoms with Crippen LogP contribution < -0.4 is 0 Å². The van der Waals surface area contributed by atoms with Crippen LogP contribution >= 0.6 is 0 Å². The van der Waals surface area contributed by atoms with Crippen LogP contribution in [0.15, 0.2) is 18.2 Å².